The van der Waals surface area contributed by atoms with E-state index in [1.54, 1.807) is 31.5 Å². The Balaban J connectivity index is 1.43. The number of benzene rings is 1. The van der Waals surface area contributed by atoms with E-state index in [2.05, 4.69) is 28.4 Å². The van der Waals surface area contributed by atoms with Crippen molar-refractivity contribution in [2.45, 2.75) is 50.7 Å². The summed E-state index contributed by atoms with van der Waals surface area (Å²) >= 11 is 0. The zero-order valence-corrected chi connectivity index (χ0v) is 27.7. The number of methoxy groups -OCH3 is 1. The van der Waals surface area contributed by atoms with Gasteiger partial charge in [-0.15, -0.1) is 6.58 Å². The zero-order chi connectivity index (χ0) is 32.8. The minimum absolute atomic E-state index is 0.0411. The quantitative estimate of drug-likeness (QED) is 0.182. The number of allylic oxidation sites excluding steroid dienone is 1. The second-order valence-electron chi connectivity index (χ2n) is 12.7. The van der Waals surface area contributed by atoms with Gasteiger partial charge >= 0.3 is 0 Å². The first-order valence-corrected chi connectivity index (χ1v) is 17.1. The lowest BCUT2D eigenvalue weighted by atomic mass is 9.94. The van der Waals surface area contributed by atoms with Crippen LogP contribution in [0.15, 0.2) is 60.2 Å². The third-order valence-corrected chi connectivity index (χ3v) is 11.9. The van der Waals surface area contributed by atoms with E-state index in [-0.39, 0.29) is 24.2 Å². The van der Waals surface area contributed by atoms with Crippen molar-refractivity contribution in [1.29, 1.82) is 0 Å². The van der Waals surface area contributed by atoms with Gasteiger partial charge in [0, 0.05) is 67.2 Å². The summed E-state index contributed by atoms with van der Waals surface area (Å²) < 4.78 is 34.1. The average Bonchev–Trinajstić information content (AvgIpc) is 3.76. The molecule has 6 rings (SSSR count). The Morgan fingerprint density at radius 3 is 2.48 bits per heavy atom. The predicted octanol–water partition coefficient (Wildman–Crippen LogP) is 4.87. The van der Waals surface area contributed by atoms with Crippen LogP contribution in [0.25, 0.3) is 22.0 Å². The van der Waals surface area contributed by atoms with Gasteiger partial charge in [0.25, 0.3) is 5.56 Å². The van der Waals surface area contributed by atoms with Crippen molar-refractivity contribution in [1.82, 2.24) is 18.8 Å². The van der Waals surface area contributed by atoms with Gasteiger partial charge in [0.15, 0.2) is 5.78 Å². The fraction of sp³-hybridized carbons (Fsp3) is 0.400. The number of carbonyl (C=O) groups is 1. The molecule has 0 atom stereocenters. The Morgan fingerprint density at radius 2 is 1.85 bits per heavy atom. The molecule has 0 spiro atoms. The Kier molecular flexibility index (Phi) is 8.41. The predicted molar refractivity (Wildman–Crippen MR) is 182 cm³/mol. The Morgan fingerprint density at radius 1 is 1.11 bits per heavy atom. The van der Waals surface area contributed by atoms with Gasteiger partial charge in [-0.2, -0.15) is 0 Å². The van der Waals surface area contributed by atoms with Crippen LogP contribution in [0.2, 0.25) is 0 Å². The molecule has 4 aromatic rings. The Bertz CT molecular complexity index is 1980. The lowest BCUT2D eigenvalue weighted by molar-refractivity contribution is 0.0984. The van der Waals surface area contributed by atoms with Gasteiger partial charge in [-0.3, -0.25) is 9.59 Å². The number of hydrogen-bond donors (Lipinski definition) is 1. The molecule has 2 fully saturated rings. The summed E-state index contributed by atoms with van der Waals surface area (Å²) in [6.45, 7) is 11.1. The molecule has 0 bridgehead atoms. The number of ketones is 1. The standard InChI is InChI=1S/C35H41N5O5S/c1-6-11-35(12-13-35)46(43,44)40-22-23(2)33-28(30(41)9-8-27-31(45-5)18-24(3)37-34(27)42)19-26(20-29(33)40)25-7-10-32(36-21-25)39-16-14-38(4)15-17-39/h6-7,10,18-22H,1,8-9,11-17H2,2-5H3,(H,37,42). The summed E-state index contributed by atoms with van der Waals surface area (Å²) in [6, 6.07) is 9.37. The number of aryl methyl sites for hydroxylation is 2. The van der Waals surface area contributed by atoms with Gasteiger partial charge in [-0.1, -0.05) is 6.08 Å². The highest BCUT2D eigenvalue weighted by Gasteiger charge is 2.54. The number of rotatable bonds is 11. The van der Waals surface area contributed by atoms with Crippen LogP contribution >= 0.6 is 0 Å². The summed E-state index contributed by atoms with van der Waals surface area (Å²) in [5.41, 5.74) is 3.82. The molecule has 242 valence electrons. The van der Waals surface area contributed by atoms with Gasteiger partial charge in [0.2, 0.25) is 10.0 Å². The summed E-state index contributed by atoms with van der Waals surface area (Å²) in [6.07, 6.45) is 6.79. The van der Waals surface area contributed by atoms with Crippen LogP contribution in [-0.4, -0.2) is 78.1 Å². The molecule has 10 nitrogen and oxygen atoms in total. The van der Waals surface area contributed by atoms with E-state index in [1.165, 1.54) is 11.1 Å². The van der Waals surface area contributed by atoms with E-state index in [9.17, 15) is 18.0 Å². The van der Waals surface area contributed by atoms with E-state index in [4.69, 9.17) is 9.72 Å². The number of aromatic nitrogens is 3. The number of ether oxygens (including phenoxy) is 1. The van der Waals surface area contributed by atoms with Gasteiger partial charge in [0.05, 0.1) is 22.9 Å². The SMILES string of the molecule is C=CCC1(S(=O)(=O)n2cc(C)c3c(C(=O)CCc4c(OC)cc(C)[nH]c4=O)cc(-c4ccc(N5CCN(C)CC5)nc4)cc32)CC1. The van der Waals surface area contributed by atoms with Crippen LogP contribution in [0.5, 0.6) is 5.75 Å². The van der Waals surface area contributed by atoms with Crippen molar-refractivity contribution in [2.24, 2.45) is 0 Å². The number of aromatic amines is 1. The topological polar surface area (TPSA) is 118 Å². The smallest absolute Gasteiger partial charge is 0.255 e. The maximum absolute atomic E-state index is 14.1. The molecule has 46 heavy (non-hydrogen) atoms. The van der Waals surface area contributed by atoms with Crippen LogP contribution < -0.4 is 15.2 Å². The first-order chi connectivity index (χ1) is 22.0. The molecule has 1 aliphatic carbocycles. The number of nitrogens with zero attached hydrogens (tertiary/aromatic N) is 4. The number of carbonyl (C=O) groups excluding carboxylic acids is 1. The second-order valence-corrected chi connectivity index (χ2v) is 14.9. The third-order valence-electron chi connectivity index (χ3n) is 9.45. The maximum Gasteiger partial charge on any atom is 0.255 e. The number of pyridine rings is 2. The summed E-state index contributed by atoms with van der Waals surface area (Å²) in [7, 11) is -0.180. The van der Waals surface area contributed by atoms with Crippen LogP contribution in [-0.2, 0) is 16.4 Å². The highest BCUT2D eigenvalue weighted by molar-refractivity contribution is 7.91. The molecule has 1 N–H and O–H groups in total. The number of Topliss-reactive ketones (excluding diaryl/α,β-unsaturated/α-hetero) is 1. The molecule has 4 heterocycles. The molecule has 0 unspecified atom stereocenters. The van der Waals surface area contributed by atoms with Crippen molar-refractivity contribution in [2.75, 3.05) is 45.2 Å². The number of hydrogen-bond acceptors (Lipinski definition) is 8. The molecule has 1 saturated carbocycles. The van der Waals surface area contributed by atoms with E-state index in [0.29, 0.717) is 63.9 Å². The highest BCUT2D eigenvalue weighted by Crippen LogP contribution is 2.49. The van der Waals surface area contributed by atoms with Crippen molar-refractivity contribution < 1.29 is 17.9 Å². The fourth-order valence-corrected chi connectivity index (χ4v) is 8.61. The van der Waals surface area contributed by atoms with E-state index >= 15 is 0 Å². The van der Waals surface area contributed by atoms with Gasteiger partial charge in [-0.25, -0.2) is 17.4 Å². The molecule has 1 aromatic carbocycles. The highest BCUT2D eigenvalue weighted by atomic mass is 32.2. The normalized spacial score (nSPS) is 16.5. The lowest BCUT2D eigenvalue weighted by Crippen LogP contribution is -2.44. The molecule has 1 saturated heterocycles. The molecular formula is C35H41N5O5S. The number of fused-ring (bicyclic) bond motifs is 1. The number of piperazine rings is 1. The van der Waals surface area contributed by atoms with E-state index in [1.807, 2.05) is 31.2 Å². The van der Waals surface area contributed by atoms with Crippen molar-refractivity contribution in [3.63, 3.8) is 0 Å². The lowest BCUT2D eigenvalue weighted by Gasteiger charge is -2.33. The summed E-state index contributed by atoms with van der Waals surface area (Å²) in [5, 5.41) is 0.596. The molecule has 1 aliphatic heterocycles. The van der Waals surface area contributed by atoms with E-state index < -0.39 is 14.8 Å². The number of H-pyrrole nitrogens is 1. The number of anilines is 1. The van der Waals surface area contributed by atoms with Crippen molar-refractivity contribution in [3.05, 3.63) is 88.1 Å². The third kappa shape index (κ3) is 5.66. The van der Waals surface area contributed by atoms with E-state index in [0.717, 1.165) is 37.6 Å². The van der Waals surface area contributed by atoms with Crippen LogP contribution in [0, 0.1) is 13.8 Å². The van der Waals surface area contributed by atoms with Crippen LogP contribution in [0.3, 0.4) is 0 Å². The maximum atomic E-state index is 14.1. The molecule has 3 aromatic heterocycles. The molecule has 2 aliphatic rings. The molecular weight excluding hydrogens is 602 g/mol. The summed E-state index contributed by atoms with van der Waals surface area (Å²) in [4.78, 5) is 38.9. The van der Waals surface area contributed by atoms with Crippen LogP contribution in [0.1, 0.15) is 52.9 Å². The monoisotopic (exact) mass is 643 g/mol. The summed E-state index contributed by atoms with van der Waals surface area (Å²) in [5.74, 6) is 1.12. The van der Waals surface area contributed by atoms with Crippen molar-refractivity contribution >= 4 is 32.5 Å². The van der Waals surface area contributed by atoms with Gasteiger partial charge in [0.1, 0.15) is 11.6 Å². The van der Waals surface area contributed by atoms with Crippen LogP contribution in [0.4, 0.5) is 5.82 Å². The molecule has 0 radical (unpaired) electrons. The minimum atomic E-state index is -3.79. The number of nitrogens with one attached hydrogen (secondary N) is 1. The van der Waals surface area contributed by atoms with Gasteiger partial charge in [-0.05, 0) is 88.0 Å². The molecule has 11 heteroatoms. The zero-order valence-electron chi connectivity index (χ0n) is 26.9. The fourth-order valence-electron chi connectivity index (χ4n) is 6.55. The van der Waals surface area contributed by atoms with Crippen molar-refractivity contribution in [3.8, 4) is 16.9 Å². The molecule has 0 amide bonds. The Labute approximate surface area is 269 Å². The van der Waals surface area contributed by atoms with Gasteiger partial charge < -0.3 is 19.5 Å². The first-order valence-electron chi connectivity index (χ1n) is 15.7. The minimum Gasteiger partial charge on any atom is -0.496 e. The average molecular weight is 644 g/mol. The first kappa shape index (κ1) is 31.7. The largest absolute Gasteiger partial charge is 0.496 e. The number of likely N-dealkylation sites (N-methyl/N-ethyl adjacent to an activating group) is 1. The Hall–Kier alpha value is -4.22. The second kappa shape index (κ2) is 12.2.